The Hall–Kier alpha value is -5.47. The zero-order chi connectivity index (χ0) is 43.7. The molecule has 1 amide bonds. The normalized spacial score (nSPS) is 42.7. The van der Waals surface area contributed by atoms with Crippen LogP contribution >= 0.6 is 0 Å². The van der Waals surface area contributed by atoms with E-state index in [1.165, 1.54) is 0 Å². The van der Waals surface area contributed by atoms with E-state index < -0.39 is 57.2 Å². The third-order valence-electron chi connectivity index (χ3n) is 15.3. The fraction of sp³-hybridized carbons (Fsp3) is 0.604. The third-order valence-corrected chi connectivity index (χ3v) is 15.3. The molecule has 0 aromatic heterocycles. The third kappa shape index (κ3) is 5.24. The average Bonchev–Trinajstić information content (AvgIpc) is 4.06. The number of fused-ring (bicyclic) bond motifs is 12. The molecule has 13 nitrogen and oxygen atoms in total. The van der Waals surface area contributed by atoms with E-state index in [-0.39, 0.29) is 61.8 Å². The minimum absolute atomic E-state index is 0.0504. The second-order valence-corrected chi connectivity index (χ2v) is 19.4. The number of amides is 1. The zero-order valence-corrected chi connectivity index (χ0v) is 35.4. The number of hydrogen-bond donors (Lipinski definition) is 0. The van der Waals surface area contributed by atoms with E-state index in [0.29, 0.717) is 23.8 Å². The van der Waals surface area contributed by atoms with Crippen LogP contribution in [0.25, 0.3) is 14.5 Å². The van der Waals surface area contributed by atoms with Crippen molar-refractivity contribution in [2.75, 3.05) is 13.2 Å². The fourth-order valence-corrected chi connectivity index (χ4v) is 13.2. The van der Waals surface area contributed by atoms with E-state index in [9.17, 15) is 19.6 Å². The first-order chi connectivity index (χ1) is 28.9. The SMILES string of the molecule is [C-]#[N+]C1(C#N)CC23C=CC(C(=O)OCC)(O2)C(=C)[C@H]3[C@@H]2C1=C[C@@H]1CCC2N1C(=O)OC(C)(C)C.[C-]#[N+]C1([N+]#[C-])C[C@@]23C=C[C@@](C(=O)OCC)(O2)C(=C)C3[C@H]2C1=C[C@@H]1CC[C@H]2C1. The number of esters is 2. The van der Waals surface area contributed by atoms with Crippen LogP contribution in [0.3, 0.4) is 0 Å². The molecule has 13 atom stereocenters. The minimum atomic E-state index is -1.44. The molecule has 5 unspecified atom stereocenters. The van der Waals surface area contributed by atoms with Gasteiger partial charge in [-0.2, -0.15) is 5.26 Å². The first kappa shape index (κ1) is 40.9. The van der Waals surface area contributed by atoms with Gasteiger partial charge in [-0.15, -0.1) is 0 Å². The molecule has 3 saturated carbocycles. The molecule has 8 bridgehead atoms. The highest BCUT2D eigenvalue weighted by Crippen LogP contribution is 2.69. The van der Waals surface area contributed by atoms with Crippen LogP contribution in [0.2, 0.25) is 0 Å². The largest absolute Gasteiger partial charge is 0.509 e. The van der Waals surface area contributed by atoms with E-state index >= 15 is 0 Å². The van der Waals surface area contributed by atoms with Crippen LogP contribution < -0.4 is 0 Å². The highest BCUT2D eigenvalue weighted by molar-refractivity contribution is 5.90. The Kier molecular flexibility index (Phi) is 8.90. The molecular formula is C48H51N5O8. The number of allylic oxidation sites excluding steroid dienone is 1. The Morgan fingerprint density at radius 2 is 1.43 bits per heavy atom. The smallest absolute Gasteiger partial charge is 0.463 e. The Morgan fingerprint density at radius 1 is 0.836 bits per heavy atom. The highest BCUT2D eigenvalue weighted by Gasteiger charge is 2.78. The average molecular weight is 826 g/mol. The van der Waals surface area contributed by atoms with Crippen molar-refractivity contribution in [3.8, 4) is 6.07 Å². The summed E-state index contributed by atoms with van der Waals surface area (Å²) in [6.45, 7) is 41.8. The van der Waals surface area contributed by atoms with Crippen LogP contribution in [0.5, 0.6) is 0 Å². The summed E-state index contributed by atoms with van der Waals surface area (Å²) in [6.07, 6.45) is 16.0. The maximum atomic E-state index is 13.2. The monoisotopic (exact) mass is 825 g/mol. The number of carbonyl (C=O) groups excluding carboxylic acids is 3. The number of nitrogens with zero attached hydrogens (tertiary/aromatic N) is 5. The lowest BCUT2D eigenvalue weighted by Gasteiger charge is -2.51. The van der Waals surface area contributed by atoms with Gasteiger partial charge in [-0.3, -0.25) is 9.74 Å². The summed E-state index contributed by atoms with van der Waals surface area (Å²) in [7, 11) is 0. The van der Waals surface area contributed by atoms with Gasteiger partial charge < -0.3 is 23.7 Å². The molecule has 0 radical (unpaired) electrons. The predicted molar refractivity (Wildman–Crippen MR) is 219 cm³/mol. The topological polar surface area (TPSA) is 137 Å². The summed E-state index contributed by atoms with van der Waals surface area (Å²) in [6, 6.07) is 1.75. The molecule has 2 spiro atoms. The van der Waals surface area contributed by atoms with Crippen molar-refractivity contribution >= 4 is 18.0 Å². The standard InChI is InChI=1S/C26H29N3O5.C22H22N2O3/c1-7-32-21(30)26-11-10-25(34-26)13-24(14-27,28-6)17-12-16-8-9-18(19(17)20(25)15(26)2)29(16)22(31)33-23(3,4)5;1-5-26-19(25)21-9-8-20(27-21)12-22(23-3,24-4)16-11-14-6-7-15(10-14)17(16)18(20)13(21)2/h10-12,16,18-20H,2,7-9,13H2,1,3-5H3;8-9,11,14-15,17-18H,2,5-7,10,12H2,1H3/t16-,18?,19+,20-,24?,25?,26?;14-,15+,17-,18?,20-,21-/m01/s1. The molecule has 316 valence electrons. The van der Waals surface area contributed by atoms with Gasteiger partial charge in [-0.25, -0.2) is 43.8 Å². The minimum Gasteiger partial charge on any atom is -0.463 e. The quantitative estimate of drug-likeness (QED) is 0.123. The molecule has 10 rings (SSSR count). The molecule has 61 heavy (non-hydrogen) atoms. The van der Waals surface area contributed by atoms with Crippen molar-refractivity contribution in [2.24, 2.45) is 35.5 Å². The summed E-state index contributed by atoms with van der Waals surface area (Å²) in [5, 5.41) is 10.3. The van der Waals surface area contributed by atoms with Gasteiger partial charge in [-0.05, 0) is 102 Å². The highest BCUT2D eigenvalue weighted by atomic mass is 16.6. The van der Waals surface area contributed by atoms with Crippen molar-refractivity contribution in [1.82, 2.24) is 4.90 Å². The molecule has 6 aliphatic heterocycles. The van der Waals surface area contributed by atoms with Crippen LogP contribution in [-0.4, -0.2) is 87.4 Å². The first-order valence-electron chi connectivity index (χ1n) is 21.5. The zero-order valence-electron chi connectivity index (χ0n) is 35.4. The Balaban J connectivity index is 0.000000160. The maximum absolute atomic E-state index is 13.2. The van der Waals surface area contributed by atoms with Crippen molar-refractivity contribution in [3.05, 3.63) is 106 Å². The van der Waals surface area contributed by atoms with Gasteiger partial charge in [0.15, 0.2) is 6.07 Å². The number of carbonyl (C=O) groups is 3. The van der Waals surface area contributed by atoms with E-state index in [4.69, 9.17) is 43.4 Å². The molecular weight excluding hydrogens is 775 g/mol. The lowest BCUT2D eigenvalue weighted by Crippen LogP contribution is -2.61. The van der Waals surface area contributed by atoms with Gasteiger partial charge in [0.05, 0.1) is 25.7 Å². The van der Waals surface area contributed by atoms with Crippen LogP contribution in [-0.2, 0) is 33.3 Å². The molecule has 13 heteroatoms. The summed E-state index contributed by atoms with van der Waals surface area (Å²) >= 11 is 0. The fourth-order valence-electron chi connectivity index (χ4n) is 13.2. The maximum Gasteiger partial charge on any atom is 0.509 e. The molecule has 0 aromatic carbocycles. The van der Waals surface area contributed by atoms with Crippen molar-refractivity contribution < 1.29 is 38.1 Å². The van der Waals surface area contributed by atoms with Crippen LogP contribution in [0.15, 0.2) is 71.9 Å². The van der Waals surface area contributed by atoms with Gasteiger partial charge in [0.2, 0.25) is 11.2 Å². The van der Waals surface area contributed by atoms with Gasteiger partial charge in [0, 0.05) is 35.3 Å². The second kappa shape index (κ2) is 13.3. The number of rotatable bonds is 4. The van der Waals surface area contributed by atoms with E-state index in [1.807, 2.05) is 39.0 Å². The van der Waals surface area contributed by atoms with Gasteiger partial charge in [0.25, 0.3) is 0 Å². The molecule has 10 aliphatic rings. The second-order valence-electron chi connectivity index (χ2n) is 19.4. The first-order valence-corrected chi connectivity index (χ1v) is 21.5. The molecule has 6 heterocycles. The van der Waals surface area contributed by atoms with Crippen molar-refractivity contribution in [1.29, 1.82) is 5.26 Å². The molecule has 0 aromatic rings. The predicted octanol–water partition coefficient (Wildman–Crippen LogP) is 7.42. The summed E-state index contributed by atoms with van der Waals surface area (Å²) in [4.78, 5) is 52.4. The summed E-state index contributed by atoms with van der Waals surface area (Å²) < 4.78 is 29.2. The Morgan fingerprint density at radius 3 is 1.97 bits per heavy atom. The van der Waals surface area contributed by atoms with E-state index in [1.54, 1.807) is 30.9 Å². The Labute approximate surface area is 357 Å². The Bertz CT molecular complexity index is 2330. The lowest BCUT2D eigenvalue weighted by atomic mass is 9.54. The van der Waals surface area contributed by atoms with Gasteiger partial charge in [-0.1, -0.05) is 37.5 Å². The summed E-state index contributed by atoms with van der Waals surface area (Å²) in [5.74, 6) is -0.851. The molecule has 3 saturated heterocycles. The van der Waals surface area contributed by atoms with Crippen LogP contribution in [0, 0.1) is 66.6 Å². The van der Waals surface area contributed by atoms with Crippen LogP contribution in [0.4, 0.5) is 4.79 Å². The lowest BCUT2D eigenvalue weighted by molar-refractivity contribution is -0.165. The van der Waals surface area contributed by atoms with Crippen molar-refractivity contribution in [2.45, 2.75) is 131 Å². The van der Waals surface area contributed by atoms with Crippen LogP contribution in [0.1, 0.15) is 79.6 Å². The summed E-state index contributed by atoms with van der Waals surface area (Å²) in [5.41, 5.74) is -4.89. The number of hydrogen-bond acceptors (Lipinski definition) is 9. The van der Waals surface area contributed by atoms with Gasteiger partial charge in [0.1, 0.15) is 28.8 Å². The van der Waals surface area contributed by atoms with E-state index in [0.717, 1.165) is 42.4 Å². The molecule has 4 aliphatic carbocycles. The van der Waals surface area contributed by atoms with Gasteiger partial charge >= 0.3 is 29.2 Å². The molecule has 6 fully saturated rings. The van der Waals surface area contributed by atoms with Crippen molar-refractivity contribution in [3.63, 3.8) is 0 Å². The van der Waals surface area contributed by atoms with E-state index in [2.05, 4.69) is 39.8 Å². The number of ether oxygens (including phenoxy) is 5. The number of nitriles is 1. The molecule has 0 N–H and O–H groups in total.